The second kappa shape index (κ2) is 8.08. The predicted molar refractivity (Wildman–Crippen MR) is 167 cm³/mol. The molecule has 0 N–H and O–H groups in total. The van der Waals surface area contributed by atoms with Gasteiger partial charge in [-0.25, -0.2) is 0 Å². The largest absolute Gasteiger partial charge is 0.452 e. The van der Waals surface area contributed by atoms with E-state index in [2.05, 4.69) is 115 Å². The zero-order valence-corrected chi connectivity index (χ0v) is 21.5. The summed E-state index contributed by atoms with van der Waals surface area (Å²) in [6.07, 6.45) is 0. The molecule has 186 valence electrons. The fraction of sp³-hybridized carbons (Fsp3) is 0. The maximum atomic E-state index is 6.58. The molecule has 9 rings (SSSR count). The lowest BCUT2D eigenvalue weighted by Gasteiger charge is -2.17. The fourth-order valence-corrected chi connectivity index (χ4v) is 6.53. The molecule has 0 atom stereocenters. The third-order valence-corrected chi connectivity index (χ3v) is 8.27. The molecule has 0 aliphatic heterocycles. The molecule has 9 aromatic rings. The first-order valence-corrected chi connectivity index (χ1v) is 13.6. The monoisotopic (exact) mass is 510 g/mol. The van der Waals surface area contributed by atoms with Crippen LogP contribution in [0.15, 0.2) is 142 Å². The van der Waals surface area contributed by atoms with E-state index in [0.29, 0.717) is 0 Å². The molecular weight excluding hydrogens is 488 g/mol. The number of hydrogen-bond acceptors (Lipinski definition) is 2. The van der Waals surface area contributed by atoms with E-state index in [1.54, 1.807) is 0 Å². The number of fused-ring (bicyclic) bond motifs is 9. The lowest BCUT2D eigenvalue weighted by molar-refractivity contribution is 0.633. The van der Waals surface area contributed by atoms with Crippen LogP contribution in [0, 0.1) is 0 Å². The SMILES string of the molecule is c1ccc(-c2c3ccccc3c(-c3ccc4c(c3)oc3c4ccc4c5ccccc5oc43)c3ccccc23)cc1. The molecule has 0 radical (unpaired) electrons. The average Bonchev–Trinajstić information content (AvgIpc) is 3.58. The van der Waals surface area contributed by atoms with Crippen LogP contribution in [0.25, 0.3) is 87.7 Å². The first-order chi connectivity index (χ1) is 19.8. The van der Waals surface area contributed by atoms with Gasteiger partial charge in [0, 0.05) is 21.5 Å². The molecule has 0 aliphatic rings. The maximum absolute atomic E-state index is 6.58. The predicted octanol–water partition coefficient (Wildman–Crippen LogP) is 11.1. The van der Waals surface area contributed by atoms with Gasteiger partial charge in [0.25, 0.3) is 0 Å². The summed E-state index contributed by atoms with van der Waals surface area (Å²) in [5.74, 6) is 0. The van der Waals surface area contributed by atoms with Crippen LogP contribution in [0.5, 0.6) is 0 Å². The van der Waals surface area contributed by atoms with Crippen molar-refractivity contribution < 1.29 is 8.83 Å². The molecular formula is C38H22O2. The normalized spacial score (nSPS) is 12.0. The van der Waals surface area contributed by atoms with Gasteiger partial charge >= 0.3 is 0 Å². The summed E-state index contributed by atoms with van der Waals surface area (Å²) in [6.45, 7) is 0. The Morgan fingerprint density at radius 3 is 1.38 bits per heavy atom. The summed E-state index contributed by atoms with van der Waals surface area (Å²) in [4.78, 5) is 0. The third kappa shape index (κ3) is 2.93. The van der Waals surface area contributed by atoms with Gasteiger partial charge in [-0.1, -0.05) is 103 Å². The quantitative estimate of drug-likeness (QED) is 0.216. The molecule has 2 heteroatoms. The molecule has 0 bridgehead atoms. The number of furan rings is 2. The molecule has 0 unspecified atom stereocenters. The zero-order valence-electron chi connectivity index (χ0n) is 21.5. The van der Waals surface area contributed by atoms with Gasteiger partial charge in [-0.2, -0.15) is 0 Å². The van der Waals surface area contributed by atoms with Crippen molar-refractivity contribution in [1.29, 1.82) is 0 Å². The number of rotatable bonds is 2. The molecule has 2 aromatic heterocycles. The second-order valence-corrected chi connectivity index (χ2v) is 10.4. The lowest BCUT2D eigenvalue weighted by atomic mass is 9.86. The Labute approximate surface area is 229 Å². The van der Waals surface area contributed by atoms with Crippen molar-refractivity contribution in [2.45, 2.75) is 0 Å². The lowest BCUT2D eigenvalue weighted by Crippen LogP contribution is -1.90. The molecule has 2 nitrogen and oxygen atoms in total. The zero-order chi connectivity index (χ0) is 26.2. The smallest absolute Gasteiger partial charge is 0.178 e. The van der Waals surface area contributed by atoms with Crippen molar-refractivity contribution in [3.63, 3.8) is 0 Å². The first kappa shape index (κ1) is 21.6. The van der Waals surface area contributed by atoms with Gasteiger partial charge in [-0.05, 0) is 74.1 Å². The van der Waals surface area contributed by atoms with Gasteiger partial charge in [-0.3, -0.25) is 0 Å². The van der Waals surface area contributed by atoms with Crippen molar-refractivity contribution in [2.75, 3.05) is 0 Å². The number of para-hydroxylation sites is 1. The summed E-state index contributed by atoms with van der Waals surface area (Å²) in [5.41, 5.74) is 8.20. The molecule has 7 aromatic carbocycles. The Morgan fingerprint density at radius 2 is 0.750 bits per heavy atom. The van der Waals surface area contributed by atoms with E-state index in [1.165, 1.54) is 38.2 Å². The fourth-order valence-electron chi connectivity index (χ4n) is 6.53. The molecule has 0 amide bonds. The molecule has 0 aliphatic carbocycles. The van der Waals surface area contributed by atoms with E-state index in [0.717, 1.165) is 49.4 Å². The summed E-state index contributed by atoms with van der Waals surface area (Å²) in [6, 6.07) is 47.3. The van der Waals surface area contributed by atoms with Crippen LogP contribution < -0.4 is 0 Å². The molecule has 0 saturated heterocycles. The molecule has 2 heterocycles. The Hall–Kier alpha value is -5.34. The highest BCUT2D eigenvalue weighted by Crippen LogP contribution is 2.45. The van der Waals surface area contributed by atoms with Gasteiger partial charge in [0.05, 0.1) is 0 Å². The van der Waals surface area contributed by atoms with Crippen molar-refractivity contribution in [1.82, 2.24) is 0 Å². The van der Waals surface area contributed by atoms with Gasteiger partial charge in [0.2, 0.25) is 0 Å². The minimum atomic E-state index is 0.801. The molecule has 0 fully saturated rings. The summed E-state index contributed by atoms with van der Waals surface area (Å²) < 4.78 is 12.9. The molecule has 0 saturated carbocycles. The Kier molecular flexibility index (Phi) is 4.36. The highest BCUT2D eigenvalue weighted by Gasteiger charge is 2.19. The van der Waals surface area contributed by atoms with Crippen molar-refractivity contribution in [2.24, 2.45) is 0 Å². The van der Waals surface area contributed by atoms with Gasteiger partial charge in [0.1, 0.15) is 11.2 Å². The van der Waals surface area contributed by atoms with E-state index in [-0.39, 0.29) is 0 Å². The minimum absolute atomic E-state index is 0.801. The second-order valence-electron chi connectivity index (χ2n) is 10.4. The topological polar surface area (TPSA) is 26.3 Å². The van der Waals surface area contributed by atoms with Gasteiger partial charge in [-0.15, -0.1) is 0 Å². The van der Waals surface area contributed by atoms with Gasteiger partial charge in [0.15, 0.2) is 11.2 Å². The molecule has 0 spiro atoms. The van der Waals surface area contributed by atoms with E-state index in [4.69, 9.17) is 8.83 Å². The van der Waals surface area contributed by atoms with E-state index >= 15 is 0 Å². The first-order valence-electron chi connectivity index (χ1n) is 13.6. The van der Waals surface area contributed by atoms with Crippen LogP contribution >= 0.6 is 0 Å². The highest BCUT2D eigenvalue weighted by molar-refractivity contribution is 6.23. The summed E-state index contributed by atoms with van der Waals surface area (Å²) >= 11 is 0. The van der Waals surface area contributed by atoms with Crippen LogP contribution in [-0.4, -0.2) is 0 Å². The Balaban J connectivity index is 1.36. The molecule has 40 heavy (non-hydrogen) atoms. The van der Waals surface area contributed by atoms with Crippen LogP contribution in [0.4, 0.5) is 0 Å². The minimum Gasteiger partial charge on any atom is -0.452 e. The standard InChI is InChI=1S/C38H22O2/c1-2-10-23(11-3-1)35-27-13-4-6-15-29(27)36(30-16-7-5-14-28(30)35)24-18-19-26-32-21-20-31-25-12-8-9-17-33(25)39-37(31)38(32)40-34(26)22-24/h1-22H. The van der Waals surface area contributed by atoms with Crippen LogP contribution in [0.3, 0.4) is 0 Å². The van der Waals surface area contributed by atoms with Crippen LogP contribution in [0.2, 0.25) is 0 Å². The average molecular weight is 511 g/mol. The van der Waals surface area contributed by atoms with Crippen molar-refractivity contribution in [3.8, 4) is 22.3 Å². The third-order valence-electron chi connectivity index (χ3n) is 8.27. The summed E-state index contributed by atoms with van der Waals surface area (Å²) in [5, 5.41) is 9.31. The Morgan fingerprint density at radius 1 is 0.300 bits per heavy atom. The van der Waals surface area contributed by atoms with E-state index in [1.807, 2.05) is 18.2 Å². The van der Waals surface area contributed by atoms with E-state index < -0.39 is 0 Å². The highest BCUT2D eigenvalue weighted by atomic mass is 16.4. The number of benzene rings is 7. The Bertz CT molecular complexity index is 2370. The van der Waals surface area contributed by atoms with Crippen LogP contribution in [0.1, 0.15) is 0 Å². The van der Waals surface area contributed by atoms with E-state index in [9.17, 15) is 0 Å². The summed E-state index contributed by atoms with van der Waals surface area (Å²) in [7, 11) is 0. The van der Waals surface area contributed by atoms with Crippen molar-refractivity contribution in [3.05, 3.63) is 133 Å². The van der Waals surface area contributed by atoms with Gasteiger partial charge < -0.3 is 8.83 Å². The van der Waals surface area contributed by atoms with Crippen molar-refractivity contribution >= 4 is 65.4 Å². The number of hydrogen-bond donors (Lipinski definition) is 0. The maximum Gasteiger partial charge on any atom is 0.178 e. The van der Waals surface area contributed by atoms with Crippen LogP contribution in [-0.2, 0) is 0 Å².